The van der Waals surface area contributed by atoms with E-state index in [-0.39, 0.29) is 12.4 Å². The van der Waals surface area contributed by atoms with E-state index >= 15 is 0 Å². The van der Waals surface area contributed by atoms with Gasteiger partial charge in [-0.15, -0.1) is 0 Å². The number of amides is 1. The quantitative estimate of drug-likeness (QED) is 0.488. The number of carbonyl (C=O) groups is 2. The number of ether oxygens (including phenoxy) is 2. The third kappa shape index (κ3) is 5.00. The maximum absolute atomic E-state index is 13.9. The summed E-state index contributed by atoms with van der Waals surface area (Å²) in [4.78, 5) is 26.6. The number of hydrogen-bond acceptors (Lipinski definition) is 6. The largest absolute Gasteiger partial charge is 0.497 e. The molecule has 0 unspecified atom stereocenters. The van der Waals surface area contributed by atoms with Gasteiger partial charge in [-0.2, -0.15) is 18.3 Å². The van der Waals surface area contributed by atoms with Crippen LogP contribution in [0, 0.1) is 0 Å². The van der Waals surface area contributed by atoms with Crippen molar-refractivity contribution in [3.8, 4) is 5.75 Å². The topological polar surface area (TPSA) is 85.7 Å². The van der Waals surface area contributed by atoms with E-state index in [4.69, 9.17) is 4.74 Å². The number of nitrogens with one attached hydrogen (secondary N) is 1. The molecule has 2 heterocycles. The summed E-state index contributed by atoms with van der Waals surface area (Å²) in [6, 6.07) is 12.8. The van der Waals surface area contributed by atoms with Crippen LogP contribution in [0.15, 0.2) is 48.5 Å². The van der Waals surface area contributed by atoms with Gasteiger partial charge in [-0.25, -0.2) is 9.48 Å². The molecule has 2 aromatic carbocycles. The van der Waals surface area contributed by atoms with Crippen LogP contribution >= 0.6 is 0 Å². The van der Waals surface area contributed by atoms with Crippen molar-refractivity contribution in [2.75, 3.05) is 25.7 Å². The molecule has 1 atom stereocenters. The van der Waals surface area contributed by atoms with E-state index < -0.39 is 35.4 Å². The molecule has 1 N–H and O–H groups in total. The molecular weight excluding hydrogens is 477 g/mol. The molecule has 0 saturated carbocycles. The molecule has 1 aliphatic heterocycles. The number of fused-ring (bicyclic) bond motifs is 1. The average molecular weight is 502 g/mol. The number of carbonyl (C=O) groups excluding carboxylic acids is 2. The van der Waals surface area contributed by atoms with Crippen molar-refractivity contribution in [1.29, 1.82) is 0 Å². The molecule has 11 heteroatoms. The molecular formula is C25H25F3N4O4. The summed E-state index contributed by atoms with van der Waals surface area (Å²) in [5.41, 5.74) is 0.0601. The number of benzene rings is 2. The normalized spacial score (nSPS) is 13.8. The first-order chi connectivity index (χ1) is 17.1. The Labute approximate surface area is 205 Å². The van der Waals surface area contributed by atoms with Crippen LogP contribution in [0.1, 0.15) is 50.5 Å². The molecule has 0 aliphatic carbocycles. The zero-order valence-corrected chi connectivity index (χ0v) is 19.9. The number of esters is 1. The molecule has 3 aromatic rings. The lowest BCUT2D eigenvalue weighted by Gasteiger charge is -2.21. The van der Waals surface area contributed by atoms with Crippen LogP contribution < -0.4 is 15.0 Å². The Morgan fingerprint density at radius 2 is 1.72 bits per heavy atom. The highest BCUT2D eigenvalue weighted by Gasteiger charge is 2.44. The van der Waals surface area contributed by atoms with Crippen molar-refractivity contribution >= 4 is 17.7 Å². The molecule has 8 nitrogen and oxygen atoms in total. The molecule has 0 fully saturated rings. The third-order valence-corrected chi connectivity index (χ3v) is 6.01. The summed E-state index contributed by atoms with van der Waals surface area (Å²) >= 11 is 0. The Morgan fingerprint density at radius 3 is 2.31 bits per heavy atom. The summed E-state index contributed by atoms with van der Waals surface area (Å²) < 4.78 is 52.7. The van der Waals surface area contributed by atoms with E-state index in [0.717, 1.165) is 5.56 Å². The van der Waals surface area contributed by atoms with E-state index in [0.29, 0.717) is 30.0 Å². The average Bonchev–Trinajstić information content (AvgIpc) is 3.44. The summed E-state index contributed by atoms with van der Waals surface area (Å²) in [6.07, 6.45) is -4.80. The molecule has 1 aromatic heterocycles. The van der Waals surface area contributed by atoms with Gasteiger partial charge in [0.05, 0.1) is 32.4 Å². The summed E-state index contributed by atoms with van der Waals surface area (Å²) in [6.45, 7) is 2.60. The fourth-order valence-corrected chi connectivity index (χ4v) is 4.14. The molecule has 0 saturated heterocycles. The molecule has 0 spiro atoms. The SMILES string of the molecule is COC(=O)c1ccc([C@H](C)NC(=O)c2c(C(F)(F)F)nn3c2N(Cc2ccc(OC)cc2)CC3)cc1. The van der Waals surface area contributed by atoms with Gasteiger partial charge in [0.2, 0.25) is 0 Å². The molecule has 1 aliphatic rings. The van der Waals surface area contributed by atoms with Gasteiger partial charge in [-0.3, -0.25) is 4.79 Å². The second kappa shape index (κ2) is 9.92. The lowest BCUT2D eigenvalue weighted by atomic mass is 10.1. The second-order valence-corrected chi connectivity index (χ2v) is 8.35. The highest BCUT2D eigenvalue weighted by Crippen LogP contribution is 2.38. The fraction of sp³-hybridized carbons (Fsp3) is 0.320. The zero-order chi connectivity index (χ0) is 26.0. The van der Waals surface area contributed by atoms with Gasteiger partial charge in [-0.1, -0.05) is 24.3 Å². The van der Waals surface area contributed by atoms with Crippen LogP contribution in [0.2, 0.25) is 0 Å². The van der Waals surface area contributed by atoms with Crippen LogP contribution in [-0.2, 0) is 24.0 Å². The minimum atomic E-state index is -4.80. The van der Waals surface area contributed by atoms with Gasteiger partial charge in [0.15, 0.2) is 5.69 Å². The van der Waals surface area contributed by atoms with Gasteiger partial charge in [0, 0.05) is 13.1 Å². The first kappa shape index (κ1) is 25.1. The predicted octanol–water partition coefficient (Wildman–Crippen LogP) is 4.21. The lowest BCUT2D eigenvalue weighted by molar-refractivity contribution is -0.141. The van der Waals surface area contributed by atoms with Crippen molar-refractivity contribution < 1.29 is 32.2 Å². The number of alkyl halides is 3. The van der Waals surface area contributed by atoms with Crippen molar-refractivity contribution in [3.63, 3.8) is 0 Å². The maximum atomic E-state index is 13.9. The first-order valence-corrected chi connectivity index (χ1v) is 11.2. The molecule has 0 bridgehead atoms. The molecule has 1 amide bonds. The summed E-state index contributed by atoms with van der Waals surface area (Å²) in [5.74, 6) is -0.600. The van der Waals surface area contributed by atoms with Gasteiger partial charge in [0.25, 0.3) is 5.91 Å². The number of rotatable bonds is 7. The van der Waals surface area contributed by atoms with E-state index in [1.807, 2.05) is 12.1 Å². The van der Waals surface area contributed by atoms with Crippen molar-refractivity contribution in [2.24, 2.45) is 0 Å². The molecule has 36 heavy (non-hydrogen) atoms. The van der Waals surface area contributed by atoms with Gasteiger partial charge in [-0.05, 0) is 42.3 Å². The standard InChI is InChI=1S/C25H25F3N4O4/c1-15(17-6-8-18(9-7-17)24(34)36-3)29-22(33)20-21(25(26,27)28)30-32-13-12-31(23(20)32)14-16-4-10-19(35-2)11-5-16/h4-11,15H,12-14H2,1-3H3,(H,29,33)/t15-/m0/s1. The van der Waals surface area contributed by atoms with Crippen molar-refractivity contribution in [3.05, 3.63) is 76.5 Å². The Balaban J connectivity index is 1.61. The number of methoxy groups -OCH3 is 2. The van der Waals surface area contributed by atoms with E-state index in [9.17, 15) is 22.8 Å². The van der Waals surface area contributed by atoms with Gasteiger partial charge in [0.1, 0.15) is 17.1 Å². The minimum absolute atomic E-state index is 0.129. The van der Waals surface area contributed by atoms with Gasteiger partial charge >= 0.3 is 12.1 Å². The highest BCUT2D eigenvalue weighted by molar-refractivity contribution is 6.01. The smallest absolute Gasteiger partial charge is 0.436 e. The van der Waals surface area contributed by atoms with E-state index in [1.54, 1.807) is 43.2 Å². The predicted molar refractivity (Wildman–Crippen MR) is 125 cm³/mol. The third-order valence-electron chi connectivity index (χ3n) is 6.01. The second-order valence-electron chi connectivity index (χ2n) is 8.35. The number of nitrogens with zero attached hydrogens (tertiary/aromatic N) is 3. The number of halogens is 3. The summed E-state index contributed by atoms with van der Waals surface area (Å²) in [7, 11) is 2.81. The fourth-order valence-electron chi connectivity index (χ4n) is 4.14. The van der Waals surface area contributed by atoms with Crippen LogP contribution in [0.3, 0.4) is 0 Å². The van der Waals surface area contributed by atoms with E-state index in [1.165, 1.54) is 23.9 Å². The molecule has 0 radical (unpaired) electrons. The van der Waals surface area contributed by atoms with Crippen molar-refractivity contribution in [2.45, 2.75) is 32.2 Å². The van der Waals surface area contributed by atoms with Crippen LogP contribution in [0.4, 0.5) is 19.0 Å². The van der Waals surface area contributed by atoms with E-state index in [2.05, 4.69) is 15.2 Å². The maximum Gasteiger partial charge on any atom is 0.436 e. The number of hydrogen-bond donors (Lipinski definition) is 1. The van der Waals surface area contributed by atoms with Crippen LogP contribution in [0.25, 0.3) is 0 Å². The summed E-state index contributed by atoms with van der Waals surface area (Å²) in [5, 5.41) is 6.39. The highest BCUT2D eigenvalue weighted by atomic mass is 19.4. The van der Waals surface area contributed by atoms with Crippen LogP contribution in [-0.4, -0.2) is 42.4 Å². The Hall–Kier alpha value is -4.02. The number of aromatic nitrogens is 2. The lowest BCUT2D eigenvalue weighted by Crippen LogP contribution is -2.31. The Kier molecular flexibility index (Phi) is 6.91. The molecule has 190 valence electrons. The zero-order valence-electron chi connectivity index (χ0n) is 19.9. The number of anilines is 1. The van der Waals surface area contributed by atoms with Gasteiger partial charge < -0.3 is 19.7 Å². The molecule has 4 rings (SSSR count). The minimum Gasteiger partial charge on any atom is -0.497 e. The van der Waals surface area contributed by atoms with Crippen molar-refractivity contribution in [1.82, 2.24) is 15.1 Å². The Bertz CT molecular complexity index is 1250. The Morgan fingerprint density at radius 1 is 1.06 bits per heavy atom. The monoisotopic (exact) mass is 502 g/mol. The first-order valence-electron chi connectivity index (χ1n) is 11.2. The van der Waals surface area contributed by atoms with Crippen LogP contribution in [0.5, 0.6) is 5.75 Å².